The molecule has 5 heteroatoms. The first-order chi connectivity index (χ1) is 8.54. The first-order valence-corrected chi connectivity index (χ1v) is 5.85. The third-order valence-electron chi connectivity index (χ3n) is 3.35. The van der Waals surface area contributed by atoms with E-state index >= 15 is 0 Å². The number of rotatable bonds is 1. The predicted molar refractivity (Wildman–Crippen MR) is 61.4 cm³/mol. The summed E-state index contributed by atoms with van der Waals surface area (Å²) in [5.41, 5.74) is 1.36. The number of hydrogen-bond donors (Lipinski definition) is 1. The van der Waals surface area contributed by atoms with Crippen molar-refractivity contribution in [2.75, 3.05) is 13.1 Å². The molecule has 2 nitrogen and oxygen atoms in total. The average molecular weight is 255 g/mol. The maximum Gasteiger partial charge on any atom is 0.449 e. The van der Waals surface area contributed by atoms with Crippen LogP contribution in [0.3, 0.4) is 0 Å². The van der Waals surface area contributed by atoms with Gasteiger partial charge in [-0.3, -0.25) is 0 Å². The van der Waals surface area contributed by atoms with Gasteiger partial charge in [0.15, 0.2) is 0 Å². The lowest BCUT2D eigenvalue weighted by molar-refractivity contribution is -0.152. The van der Waals surface area contributed by atoms with E-state index in [0.717, 1.165) is 31.1 Å². The van der Waals surface area contributed by atoms with E-state index in [1.54, 1.807) is 12.1 Å². The Morgan fingerprint density at radius 2 is 2.06 bits per heavy atom. The zero-order valence-electron chi connectivity index (χ0n) is 9.55. The summed E-state index contributed by atoms with van der Waals surface area (Å²) in [5.74, 6) is -0.544. The van der Waals surface area contributed by atoms with Crippen molar-refractivity contribution in [3.05, 3.63) is 35.6 Å². The van der Waals surface area contributed by atoms with E-state index in [0.29, 0.717) is 11.3 Å². The lowest BCUT2D eigenvalue weighted by atomic mass is 9.97. The van der Waals surface area contributed by atoms with E-state index in [9.17, 15) is 13.2 Å². The van der Waals surface area contributed by atoms with Gasteiger partial charge in [0.1, 0.15) is 5.58 Å². The van der Waals surface area contributed by atoms with Gasteiger partial charge in [-0.1, -0.05) is 6.07 Å². The van der Waals surface area contributed by atoms with Gasteiger partial charge in [0.2, 0.25) is 5.76 Å². The molecule has 0 spiro atoms. The Balaban J connectivity index is 2.01. The topological polar surface area (TPSA) is 25.2 Å². The Hall–Kier alpha value is -1.49. The fourth-order valence-electron chi connectivity index (χ4n) is 2.39. The lowest BCUT2D eigenvalue weighted by Gasteiger charge is -2.07. The zero-order valence-corrected chi connectivity index (χ0v) is 9.55. The summed E-state index contributed by atoms with van der Waals surface area (Å²) in [5, 5.41) is 3.77. The van der Waals surface area contributed by atoms with Gasteiger partial charge in [0.05, 0.1) is 0 Å². The van der Waals surface area contributed by atoms with Crippen molar-refractivity contribution in [1.82, 2.24) is 5.32 Å². The summed E-state index contributed by atoms with van der Waals surface area (Å²) in [6.07, 6.45) is -3.40. The highest BCUT2D eigenvalue weighted by Crippen LogP contribution is 2.35. The van der Waals surface area contributed by atoms with Crippen LogP contribution in [0.4, 0.5) is 13.2 Å². The fourth-order valence-corrected chi connectivity index (χ4v) is 2.39. The van der Waals surface area contributed by atoms with Gasteiger partial charge in [-0.05, 0) is 42.6 Å². The molecule has 1 aromatic heterocycles. The maximum absolute atomic E-state index is 12.5. The molecule has 1 aliphatic heterocycles. The average Bonchev–Trinajstić information content (AvgIpc) is 2.96. The van der Waals surface area contributed by atoms with Gasteiger partial charge in [-0.25, -0.2) is 0 Å². The molecule has 1 aliphatic rings. The largest absolute Gasteiger partial charge is 0.452 e. The first kappa shape index (κ1) is 11.6. The van der Waals surface area contributed by atoms with Crippen LogP contribution in [0.2, 0.25) is 0 Å². The standard InChI is InChI=1S/C13H12F3NO/c14-13(15,16)12-6-10-5-8(1-2-11(10)18-12)9-3-4-17-7-9/h1-2,5-6,9,17H,3-4,7H2. The van der Waals surface area contributed by atoms with Crippen LogP contribution in [-0.4, -0.2) is 13.1 Å². The second-order valence-electron chi connectivity index (χ2n) is 4.60. The Morgan fingerprint density at radius 1 is 1.22 bits per heavy atom. The number of halogens is 3. The summed E-state index contributed by atoms with van der Waals surface area (Å²) in [4.78, 5) is 0. The van der Waals surface area contributed by atoms with Gasteiger partial charge in [-0.15, -0.1) is 0 Å². The highest BCUT2D eigenvalue weighted by molar-refractivity contribution is 5.79. The van der Waals surface area contributed by atoms with Crippen molar-refractivity contribution < 1.29 is 17.6 Å². The van der Waals surface area contributed by atoms with Crippen molar-refractivity contribution in [1.29, 1.82) is 0 Å². The molecule has 3 rings (SSSR count). The van der Waals surface area contributed by atoms with Crippen molar-refractivity contribution in [3.63, 3.8) is 0 Å². The molecule has 1 N–H and O–H groups in total. The third kappa shape index (κ3) is 1.99. The normalized spacial score (nSPS) is 20.7. The van der Waals surface area contributed by atoms with E-state index in [2.05, 4.69) is 5.32 Å². The highest BCUT2D eigenvalue weighted by atomic mass is 19.4. The molecule has 0 radical (unpaired) electrons. The van der Waals surface area contributed by atoms with Crippen LogP contribution in [-0.2, 0) is 6.18 Å². The van der Waals surface area contributed by atoms with E-state index in [4.69, 9.17) is 4.42 Å². The summed E-state index contributed by atoms with van der Waals surface area (Å²) in [6.45, 7) is 1.84. The Labute approximate surface area is 102 Å². The van der Waals surface area contributed by atoms with Gasteiger partial charge in [-0.2, -0.15) is 13.2 Å². The van der Waals surface area contributed by atoms with Crippen LogP contribution < -0.4 is 5.32 Å². The Kier molecular flexibility index (Phi) is 2.59. The molecule has 18 heavy (non-hydrogen) atoms. The molecule has 0 saturated carbocycles. The van der Waals surface area contributed by atoms with Crippen LogP contribution in [0.5, 0.6) is 0 Å². The number of benzene rings is 1. The molecular formula is C13H12F3NO. The molecule has 96 valence electrons. The van der Waals surface area contributed by atoms with E-state index in [-0.39, 0.29) is 5.58 Å². The molecule has 1 unspecified atom stereocenters. The second kappa shape index (κ2) is 4.02. The predicted octanol–water partition coefficient (Wildman–Crippen LogP) is 3.53. The summed E-state index contributed by atoms with van der Waals surface area (Å²) >= 11 is 0. The van der Waals surface area contributed by atoms with Gasteiger partial charge >= 0.3 is 6.18 Å². The van der Waals surface area contributed by atoms with Gasteiger partial charge in [0.25, 0.3) is 0 Å². The van der Waals surface area contributed by atoms with Crippen LogP contribution in [0.15, 0.2) is 28.7 Å². The number of alkyl halides is 3. The molecule has 1 fully saturated rings. The third-order valence-corrected chi connectivity index (χ3v) is 3.35. The minimum atomic E-state index is -4.42. The smallest absolute Gasteiger partial charge is 0.449 e. The minimum Gasteiger partial charge on any atom is -0.452 e. The molecule has 1 aromatic carbocycles. The summed E-state index contributed by atoms with van der Waals surface area (Å²) < 4.78 is 42.4. The SMILES string of the molecule is FC(F)(F)c1cc2cc(C3CCNC3)ccc2o1. The summed E-state index contributed by atoms with van der Waals surface area (Å²) in [6, 6.07) is 6.34. The zero-order chi connectivity index (χ0) is 12.8. The minimum absolute atomic E-state index is 0.289. The summed E-state index contributed by atoms with van der Waals surface area (Å²) in [7, 11) is 0. The van der Waals surface area contributed by atoms with Crippen molar-refractivity contribution in [2.24, 2.45) is 0 Å². The molecule has 2 aromatic rings. The van der Waals surface area contributed by atoms with Crippen molar-refractivity contribution in [2.45, 2.75) is 18.5 Å². The van der Waals surface area contributed by atoms with Crippen LogP contribution in [0, 0.1) is 0 Å². The Bertz CT molecular complexity index is 567. The first-order valence-electron chi connectivity index (χ1n) is 5.85. The van der Waals surface area contributed by atoms with Gasteiger partial charge in [0, 0.05) is 11.9 Å². The fraction of sp³-hybridized carbons (Fsp3) is 0.385. The molecule has 1 saturated heterocycles. The van der Waals surface area contributed by atoms with Crippen molar-refractivity contribution >= 4 is 11.0 Å². The van der Waals surface area contributed by atoms with Gasteiger partial charge < -0.3 is 9.73 Å². The molecule has 0 aliphatic carbocycles. The van der Waals surface area contributed by atoms with Crippen LogP contribution in [0.1, 0.15) is 23.7 Å². The Morgan fingerprint density at radius 3 is 2.72 bits per heavy atom. The molecular weight excluding hydrogens is 243 g/mol. The molecule has 2 heterocycles. The quantitative estimate of drug-likeness (QED) is 0.843. The van der Waals surface area contributed by atoms with Crippen LogP contribution in [0.25, 0.3) is 11.0 Å². The van der Waals surface area contributed by atoms with Crippen molar-refractivity contribution in [3.8, 4) is 0 Å². The number of hydrogen-bond acceptors (Lipinski definition) is 2. The monoisotopic (exact) mass is 255 g/mol. The van der Waals surface area contributed by atoms with Crippen LogP contribution >= 0.6 is 0 Å². The number of furan rings is 1. The number of nitrogens with one attached hydrogen (secondary N) is 1. The lowest BCUT2D eigenvalue weighted by Crippen LogP contribution is -2.07. The molecule has 0 amide bonds. The van der Waals surface area contributed by atoms with E-state index in [1.807, 2.05) is 6.07 Å². The number of fused-ring (bicyclic) bond motifs is 1. The second-order valence-corrected chi connectivity index (χ2v) is 4.60. The maximum atomic E-state index is 12.5. The van der Waals surface area contributed by atoms with E-state index < -0.39 is 11.9 Å². The highest BCUT2D eigenvalue weighted by Gasteiger charge is 2.35. The van der Waals surface area contributed by atoms with E-state index in [1.165, 1.54) is 0 Å². The molecule has 1 atom stereocenters. The molecule has 0 bridgehead atoms.